The van der Waals surface area contributed by atoms with Crippen molar-refractivity contribution in [3.05, 3.63) is 0 Å². The van der Waals surface area contributed by atoms with Gasteiger partial charge in [0.15, 0.2) is 0 Å². The van der Waals surface area contributed by atoms with E-state index in [1.165, 1.54) is 12.8 Å². The second kappa shape index (κ2) is 4.19. The molecule has 1 saturated heterocycles. The van der Waals surface area contributed by atoms with Crippen molar-refractivity contribution in [3.63, 3.8) is 0 Å². The van der Waals surface area contributed by atoms with Crippen LogP contribution in [0.2, 0.25) is 0 Å². The smallest absolute Gasteiger partial charge is 0.230 e. The van der Waals surface area contributed by atoms with Gasteiger partial charge in [-0.25, -0.2) is 0 Å². The SMILES string of the molecule is CCC1CCCC12CC(=O)NC(=O)C2CC. The molecule has 2 rings (SSSR count). The van der Waals surface area contributed by atoms with E-state index in [0.29, 0.717) is 12.3 Å². The molecule has 0 radical (unpaired) electrons. The van der Waals surface area contributed by atoms with Gasteiger partial charge in [0.2, 0.25) is 11.8 Å². The fourth-order valence-corrected chi connectivity index (χ4v) is 4.02. The Morgan fingerprint density at radius 3 is 2.69 bits per heavy atom. The minimum Gasteiger partial charge on any atom is -0.296 e. The summed E-state index contributed by atoms with van der Waals surface area (Å²) < 4.78 is 0. The summed E-state index contributed by atoms with van der Waals surface area (Å²) in [5.74, 6) is 0.527. The second-order valence-electron chi connectivity index (χ2n) is 5.28. The molecule has 2 amide bonds. The van der Waals surface area contributed by atoms with Crippen LogP contribution < -0.4 is 5.32 Å². The molecule has 1 heterocycles. The molecule has 1 saturated carbocycles. The molecule has 0 aromatic rings. The van der Waals surface area contributed by atoms with Crippen LogP contribution in [0.1, 0.15) is 52.4 Å². The molecule has 2 fully saturated rings. The topological polar surface area (TPSA) is 46.2 Å². The maximum Gasteiger partial charge on any atom is 0.230 e. The Bertz CT molecular complexity index is 313. The fraction of sp³-hybridized carbons (Fsp3) is 0.846. The maximum absolute atomic E-state index is 11.9. The zero-order valence-corrected chi connectivity index (χ0v) is 10.2. The van der Waals surface area contributed by atoms with E-state index < -0.39 is 0 Å². The fourth-order valence-electron chi connectivity index (χ4n) is 4.02. The average molecular weight is 223 g/mol. The van der Waals surface area contributed by atoms with E-state index >= 15 is 0 Å². The molecule has 1 aliphatic heterocycles. The number of amides is 2. The summed E-state index contributed by atoms with van der Waals surface area (Å²) in [6, 6.07) is 0. The summed E-state index contributed by atoms with van der Waals surface area (Å²) in [4.78, 5) is 23.6. The lowest BCUT2D eigenvalue weighted by Gasteiger charge is -2.43. The van der Waals surface area contributed by atoms with Crippen molar-refractivity contribution in [2.75, 3.05) is 0 Å². The zero-order valence-electron chi connectivity index (χ0n) is 10.2. The van der Waals surface area contributed by atoms with Crippen LogP contribution in [0.4, 0.5) is 0 Å². The van der Waals surface area contributed by atoms with Gasteiger partial charge in [-0.1, -0.05) is 26.7 Å². The summed E-state index contributed by atoms with van der Waals surface area (Å²) in [5, 5.41) is 2.50. The predicted octanol–water partition coefficient (Wildman–Crippen LogP) is 2.26. The van der Waals surface area contributed by atoms with E-state index in [-0.39, 0.29) is 23.1 Å². The van der Waals surface area contributed by atoms with Crippen molar-refractivity contribution >= 4 is 11.8 Å². The Kier molecular flexibility index (Phi) is 3.04. The molecule has 2 aliphatic rings. The minimum absolute atomic E-state index is 0.0110. The van der Waals surface area contributed by atoms with Crippen LogP contribution in [0.5, 0.6) is 0 Å². The van der Waals surface area contributed by atoms with Crippen LogP contribution >= 0.6 is 0 Å². The molecule has 90 valence electrons. The first kappa shape index (κ1) is 11.6. The quantitative estimate of drug-likeness (QED) is 0.730. The number of piperidine rings is 1. The van der Waals surface area contributed by atoms with Crippen LogP contribution in [0.3, 0.4) is 0 Å². The molecule has 3 unspecified atom stereocenters. The Morgan fingerprint density at radius 1 is 1.31 bits per heavy atom. The van der Waals surface area contributed by atoms with Crippen LogP contribution in [0, 0.1) is 17.3 Å². The van der Waals surface area contributed by atoms with Gasteiger partial charge >= 0.3 is 0 Å². The average Bonchev–Trinajstić information content (AvgIpc) is 2.60. The molecule has 1 spiro atoms. The van der Waals surface area contributed by atoms with Gasteiger partial charge in [0, 0.05) is 12.3 Å². The van der Waals surface area contributed by atoms with Gasteiger partial charge in [-0.2, -0.15) is 0 Å². The highest BCUT2D eigenvalue weighted by molar-refractivity contribution is 5.99. The normalized spacial score (nSPS) is 39.1. The van der Waals surface area contributed by atoms with E-state index in [1.54, 1.807) is 0 Å². The van der Waals surface area contributed by atoms with Crippen LogP contribution in [-0.4, -0.2) is 11.8 Å². The maximum atomic E-state index is 11.9. The monoisotopic (exact) mass is 223 g/mol. The highest BCUT2D eigenvalue weighted by atomic mass is 16.2. The van der Waals surface area contributed by atoms with E-state index in [2.05, 4.69) is 19.2 Å². The van der Waals surface area contributed by atoms with E-state index in [4.69, 9.17) is 0 Å². The Balaban J connectivity index is 2.33. The largest absolute Gasteiger partial charge is 0.296 e. The first-order valence-corrected chi connectivity index (χ1v) is 6.47. The number of rotatable bonds is 2. The summed E-state index contributed by atoms with van der Waals surface area (Å²) in [6.45, 7) is 4.24. The van der Waals surface area contributed by atoms with Crippen molar-refractivity contribution in [3.8, 4) is 0 Å². The first-order chi connectivity index (χ1) is 7.64. The number of hydrogen-bond acceptors (Lipinski definition) is 2. The van der Waals surface area contributed by atoms with Crippen molar-refractivity contribution in [1.29, 1.82) is 0 Å². The Hall–Kier alpha value is -0.860. The molecule has 3 heteroatoms. The molecule has 1 aliphatic carbocycles. The third kappa shape index (κ3) is 1.57. The van der Waals surface area contributed by atoms with E-state index in [0.717, 1.165) is 19.3 Å². The molecule has 3 nitrogen and oxygen atoms in total. The van der Waals surface area contributed by atoms with Crippen LogP contribution in [0.25, 0.3) is 0 Å². The van der Waals surface area contributed by atoms with Crippen LogP contribution in [-0.2, 0) is 9.59 Å². The van der Waals surface area contributed by atoms with Crippen molar-refractivity contribution < 1.29 is 9.59 Å². The van der Waals surface area contributed by atoms with Crippen molar-refractivity contribution in [2.24, 2.45) is 17.3 Å². The van der Waals surface area contributed by atoms with Gasteiger partial charge in [0.05, 0.1) is 0 Å². The summed E-state index contributed by atoms with van der Waals surface area (Å²) >= 11 is 0. The Morgan fingerprint density at radius 2 is 2.06 bits per heavy atom. The van der Waals surface area contributed by atoms with E-state index in [1.807, 2.05) is 0 Å². The number of hydrogen-bond donors (Lipinski definition) is 1. The van der Waals surface area contributed by atoms with Crippen LogP contribution in [0.15, 0.2) is 0 Å². The van der Waals surface area contributed by atoms with Gasteiger partial charge in [-0.3, -0.25) is 14.9 Å². The molecule has 0 aromatic heterocycles. The van der Waals surface area contributed by atoms with Crippen molar-refractivity contribution in [2.45, 2.75) is 52.4 Å². The molecular formula is C13H21NO2. The predicted molar refractivity (Wildman–Crippen MR) is 61.6 cm³/mol. The first-order valence-electron chi connectivity index (χ1n) is 6.47. The lowest BCUT2D eigenvalue weighted by Crippen LogP contribution is -2.53. The second-order valence-corrected chi connectivity index (χ2v) is 5.28. The number of carbonyl (C=O) groups is 2. The zero-order chi connectivity index (χ0) is 11.8. The molecule has 0 bridgehead atoms. The highest BCUT2D eigenvalue weighted by Crippen LogP contribution is 2.54. The number of carbonyl (C=O) groups excluding carboxylic acids is 2. The third-order valence-electron chi connectivity index (χ3n) is 4.67. The number of imide groups is 1. The molecule has 0 aromatic carbocycles. The standard InChI is InChI=1S/C13H21NO2/c1-3-9-6-5-7-13(9)8-11(15)14-12(16)10(13)4-2/h9-10H,3-8H2,1-2H3,(H,14,15,16). The van der Waals surface area contributed by atoms with Crippen molar-refractivity contribution in [1.82, 2.24) is 5.32 Å². The van der Waals surface area contributed by atoms with Gasteiger partial charge < -0.3 is 0 Å². The summed E-state index contributed by atoms with van der Waals surface area (Å²) in [5.41, 5.74) is -0.0110. The molecule has 3 atom stereocenters. The summed E-state index contributed by atoms with van der Waals surface area (Å²) in [7, 11) is 0. The molecule has 1 N–H and O–H groups in total. The lowest BCUT2D eigenvalue weighted by molar-refractivity contribution is -0.146. The highest BCUT2D eigenvalue weighted by Gasteiger charge is 2.53. The third-order valence-corrected chi connectivity index (χ3v) is 4.67. The molecular weight excluding hydrogens is 202 g/mol. The van der Waals surface area contributed by atoms with Gasteiger partial charge in [0.1, 0.15) is 0 Å². The van der Waals surface area contributed by atoms with Gasteiger partial charge in [-0.05, 0) is 30.6 Å². The van der Waals surface area contributed by atoms with Gasteiger partial charge in [-0.15, -0.1) is 0 Å². The summed E-state index contributed by atoms with van der Waals surface area (Å²) in [6.07, 6.45) is 5.94. The Labute approximate surface area is 97.0 Å². The van der Waals surface area contributed by atoms with Gasteiger partial charge in [0.25, 0.3) is 0 Å². The lowest BCUT2D eigenvalue weighted by atomic mass is 9.62. The number of nitrogens with one attached hydrogen (secondary N) is 1. The molecule has 16 heavy (non-hydrogen) atoms. The van der Waals surface area contributed by atoms with E-state index in [9.17, 15) is 9.59 Å². The minimum atomic E-state index is -0.0601.